The summed E-state index contributed by atoms with van der Waals surface area (Å²) < 4.78 is 11.2. The highest BCUT2D eigenvalue weighted by Crippen LogP contribution is 2.43. The van der Waals surface area contributed by atoms with Gasteiger partial charge in [-0.2, -0.15) is 0 Å². The SMILES string of the molecule is CCOc1cccc(/C(O)=C2/C(=O)C(=O)N(c3ccccc3)C2c2cccc(OCC)c2)c1. The molecule has 33 heavy (non-hydrogen) atoms. The normalized spacial score (nSPS) is 17.3. The van der Waals surface area contributed by atoms with Gasteiger partial charge in [0.25, 0.3) is 11.7 Å². The molecule has 0 radical (unpaired) electrons. The van der Waals surface area contributed by atoms with Crippen LogP contribution in [0.25, 0.3) is 5.76 Å². The van der Waals surface area contributed by atoms with Gasteiger partial charge in [-0.3, -0.25) is 14.5 Å². The van der Waals surface area contributed by atoms with Gasteiger partial charge < -0.3 is 14.6 Å². The van der Waals surface area contributed by atoms with E-state index >= 15 is 0 Å². The quantitative estimate of drug-likeness (QED) is 0.312. The molecule has 6 nitrogen and oxygen atoms in total. The van der Waals surface area contributed by atoms with Gasteiger partial charge in [-0.05, 0) is 55.8 Å². The van der Waals surface area contributed by atoms with Crippen molar-refractivity contribution < 1.29 is 24.2 Å². The number of Topliss-reactive ketones (excluding diaryl/α,β-unsaturated/α-hetero) is 1. The molecule has 1 saturated heterocycles. The summed E-state index contributed by atoms with van der Waals surface area (Å²) in [6.45, 7) is 4.69. The number of para-hydroxylation sites is 1. The Morgan fingerprint density at radius 3 is 2.15 bits per heavy atom. The summed E-state index contributed by atoms with van der Waals surface area (Å²) in [4.78, 5) is 27.9. The van der Waals surface area contributed by atoms with Crippen molar-refractivity contribution in [2.75, 3.05) is 18.1 Å². The molecule has 1 atom stereocenters. The Morgan fingerprint density at radius 2 is 1.48 bits per heavy atom. The van der Waals surface area contributed by atoms with Crippen molar-refractivity contribution in [1.29, 1.82) is 0 Å². The molecule has 168 valence electrons. The number of hydrogen-bond acceptors (Lipinski definition) is 5. The first kappa shape index (κ1) is 22.1. The number of benzene rings is 3. The van der Waals surface area contributed by atoms with E-state index < -0.39 is 17.7 Å². The van der Waals surface area contributed by atoms with Gasteiger partial charge in [0, 0.05) is 11.3 Å². The Hall–Kier alpha value is -4.06. The van der Waals surface area contributed by atoms with E-state index in [1.807, 2.05) is 32.0 Å². The minimum atomic E-state index is -0.816. The Morgan fingerprint density at radius 1 is 0.848 bits per heavy atom. The summed E-state index contributed by atoms with van der Waals surface area (Å²) >= 11 is 0. The van der Waals surface area contributed by atoms with E-state index in [0.29, 0.717) is 41.5 Å². The van der Waals surface area contributed by atoms with E-state index in [2.05, 4.69) is 0 Å². The van der Waals surface area contributed by atoms with Crippen LogP contribution < -0.4 is 14.4 Å². The lowest BCUT2D eigenvalue weighted by molar-refractivity contribution is -0.132. The van der Waals surface area contributed by atoms with Gasteiger partial charge in [-0.15, -0.1) is 0 Å². The van der Waals surface area contributed by atoms with Crippen molar-refractivity contribution >= 4 is 23.1 Å². The van der Waals surface area contributed by atoms with Crippen molar-refractivity contribution in [3.05, 3.63) is 95.6 Å². The zero-order valence-corrected chi connectivity index (χ0v) is 18.5. The van der Waals surface area contributed by atoms with Crippen molar-refractivity contribution in [3.63, 3.8) is 0 Å². The summed E-state index contributed by atoms with van der Waals surface area (Å²) in [5, 5.41) is 11.3. The Kier molecular flexibility index (Phi) is 6.45. The van der Waals surface area contributed by atoms with Crippen LogP contribution in [0.1, 0.15) is 31.0 Å². The lowest BCUT2D eigenvalue weighted by Crippen LogP contribution is -2.29. The van der Waals surface area contributed by atoms with Gasteiger partial charge in [0.2, 0.25) is 0 Å². The molecule has 0 spiro atoms. The van der Waals surface area contributed by atoms with Crippen LogP contribution in [0.4, 0.5) is 5.69 Å². The lowest BCUT2D eigenvalue weighted by atomic mass is 9.95. The third-order valence-electron chi connectivity index (χ3n) is 5.38. The van der Waals surface area contributed by atoms with Crippen LogP contribution in [0.5, 0.6) is 11.5 Å². The molecule has 1 N–H and O–H groups in total. The van der Waals surface area contributed by atoms with Gasteiger partial charge in [0.05, 0.1) is 24.8 Å². The fourth-order valence-electron chi connectivity index (χ4n) is 4.00. The molecule has 1 heterocycles. The molecule has 0 aliphatic carbocycles. The number of rotatable bonds is 7. The fourth-order valence-corrected chi connectivity index (χ4v) is 4.00. The molecule has 4 rings (SSSR count). The second-order valence-electron chi connectivity index (χ2n) is 7.47. The van der Waals surface area contributed by atoms with Crippen LogP contribution in [-0.2, 0) is 9.59 Å². The summed E-state index contributed by atoms with van der Waals surface area (Å²) in [5.41, 5.74) is 1.64. The van der Waals surface area contributed by atoms with Crippen molar-refractivity contribution in [2.24, 2.45) is 0 Å². The van der Waals surface area contributed by atoms with Crippen molar-refractivity contribution in [1.82, 2.24) is 0 Å². The number of hydrogen-bond donors (Lipinski definition) is 1. The topological polar surface area (TPSA) is 76.1 Å². The maximum Gasteiger partial charge on any atom is 0.300 e. The molecular weight excluding hydrogens is 418 g/mol. The second-order valence-corrected chi connectivity index (χ2v) is 7.47. The van der Waals surface area contributed by atoms with Crippen LogP contribution in [0.3, 0.4) is 0 Å². The highest BCUT2D eigenvalue weighted by Gasteiger charge is 2.47. The Balaban J connectivity index is 1.91. The fraction of sp³-hybridized carbons (Fsp3) is 0.185. The van der Waals surface area contributed by atoms with E-state index in [-0.39, 0.29) is 11.3 Å². The highest BCUT2D eigenvalue weighted by atomic mass is 16.5. The second kappa shape index (κ2) is 9.61. The molecule has 6 heteroatoms. The Labute approximate surface area is 192 Å². The standard InChI is InChI=1S/C27H25NO5/c1-3-32-21-14-8-10-18(16-21)24-23(25(29)19-11-9-15-22(17-19)33-4-2)26(30)27(31)28(24)20-12-6-5-7-13-20/h5-17,24,29H,3-4H2,1-2H3/b25-23-. The number of ketones is 1. The number of anilines is 1. The van der Waals surface area contributed by atoms with E-state index in [1.54, 1.807) is 60.7 Å². The average molecular weight is 443 g/mol. The molecule has 0 saturated carbocycles. The van der Waals surface area contributed by atoms with Crippen molar-refractivity contribution in [3.8, 4) is 11.5 Å². The molecule has 1 unspecified atom stereocenters. The molecule has 0 aromatic heterocycles. The first-order valence-corrected chi connectivity index (χ1v) is 10.9. The third-order valence-corrected chi connectivity index (χ3v) is 5.38. The first-order valence-electron chi connectivity index (χ1n) is 10.9. The number of aliphatic hydroxyl groups is 1. The largest absolute Gasteiger partial charge is 0.507 e. The average Bonchev–Trinajstić information content (AvgIpc) is 3.10. The molecule has 1 fully saturated rings. The molecule has 1 aliphatic heterocycles. The number of ether oxygens (including phenoxy) is 2. The Bertz CT molecular complexity index is 1200. The first-order chi connectivity index (χ1) is 16.0. The number of carbonyl (C=O) groups excluding carboxylic acids is 2. The zero-order chi connectivity index (χ0) is 23.4. The van der Waals surface area contributed by atoms with Gasteiger partial charge >= 0.3 is 0 Å². The van der Waals surface area contributed by atoms with Gasteiger partial charge in [0.15, 0.2) is 0 Å². The zero-order valence-electron chi connectivity index (χ0n) is 18.5. The van der Waals surface area contributed by atoms with Crippen LogP contribution in [0.15, 0.2) is 84.4 Å². The highest BCUT2D eigenvalue weighted by molar-refractivity contribution is 6.51. The van der Waals surface area contributed by atoms with Gasteiger partial charge in [-0.1, -0.05) is 42.5 Å². The maximum atomic E-state index is 13.2. The summed E-state index contributed by atoms with van der Waals surface area (Å²) in [7, 11) is 0. The lowest BCUT2D eigenvalue weighted by Gasteiger charge is -2.25. The molecule has 0 bridgehead atoms. The smallest absolute Gasteiger partial charge is 0.300 e. The number of nitrogens with zero attached hydrogens (tertiary/aromatic N) is 1. The predicted octanol–water partition coefficient (Wildman–Crippen LogP) is 5.11. The molecular formula is C27H25NO5. The van der Waals surface area contributed by atoms with E-state index in [0.717, 1.165) is 0 Å². The summed E-state index contributed by atoms with van der Waals surface area (Å²) in [6.07, 6.45) is 0. The van der Waals surface area contributed by atoms with E-state index in [1.165, 1.54) is 4.90 Å². The number of amides is 1. The van der Waals surface area contributed by atoms with E-state index in [4.69, 9.17) is 9.47 Å². The predicted molar refractivity (Wildman–Crippen MR) is 126 cm³/mol. The van der Waals surface area contributed by atoms with Gasteiger partial charge in [-0.25, -0.2) is 0 Å². The number of aliphatic hydroxyl groups excluding tert-OH is 1. The third kappa shape index (κ3) is 4.32. The number of carbonyl (C=O) groups is 2. The summed E-state index contributed by atoms with van der Waals surface area (Å²) in [5.74, 6) is -0.513. The van der Waals surface area contributed by atoms with Crippen molar-refractivity contribution in [2.45, 2.75) is 19.9 Å². The molecule has 1 aliphatic rings. The van der Waals surface area contributed by atoms with Crippen LogP contribution in [0, 0.1) is 0 Å². The minimum absolute atomic E-state index is 0.0196. The molecule has 3 aromatic carbocycles. The van der Waals surface area contributed by atoms with E-state index in [9.17, 15) is 14.7 Å². The molecule has 3 aromatic rings. The monoisotopic (exact) mass is 443 g/mol. The maximum absolute atomic E-state index is 13.2. The van der Waals surface area contributed by atoms with Crippen LogP contribution in [0.2, 0.25) is 0 Å². The summed E-state index contributed by atoms with van der Waals surface area (Å²) in [6, 6.07) is 22.2. The van der Waals surface area contributed by atoms with Crippen LogP contribution >= 0.6 is 0 Å². The minimum Gasteiger partial charge on any atom is -0.507 e. The van der Waals surface area contributed by atoms with Crippen LogP contribution in [-0.4, -0.2) is 30.0 Å². The molecule has 1 amide bonds. The van der Waals surface area contributed by atoms with Gasteiger partial charge in [0.1, 0.15) is 17.3 Å².